The van der Waals surface area contributed by atoms with Crippen molar-refractivity contribution >= 4 is 12.1 Å². The molecule has 0 spiro atoms. The molecular formula is C16H17N3O2. The van der Waals surface area contributed by atoms with Gasteiger partial charge in [-0.15, -0.1) is 0 Å². The number of carbonyl (C=O) groups excluding carboxylic acids is 1. The van der Waals surface area contributed by atoms with E-state index in [4.69, 9.17) is 0 Å². The van der Waals surface area contributed by atoms with Gasteiger partial charge in [0.2, 0.25) is 0 Å². The molecule has 0 aliphatic rings. The second kappa shape index (κ2) is 7.19. The maximum Gasteiger partial charge on any atom is 0.253 e. The van der Waals surface area contributed by atoms with Crippen LogP contribution in [0.3, 0.4) is 0 Å². The molecule has 0 N–H and O–H groups in total. The Morgan fingerprint density at radius 2 is 2.10 bits per heavy atom. The molecule has 0 fully saturated rings. The number of oxime groups is 1. The van der Waals surface area contributed by atoms with Crippen LogP contribution in [0.2, 0.25) is 0 Å². The highest BCUT2D eigenvalue weighted by Crippen LogP contribution is 2.09. The first-order valence-electron chi connectivity index (χ1n) is 6.51. The third kappa shape index (κ3) is 4.14. The average Bonchev–Trinajstić information content (AvgIpc) is 2.53. The minimum Gasteiger partial charge on any atom is -0.399 e. The van der Waals surface area contributed by atoms with Crippen molar-refractivity contribution in [3.8, 4) is 0 Å². The summed E-state index contributed by atoms with van der Waals surface area (Å²) in [4.78, 5) is 22.6. The Labute approximate surface area is 123 Å². The predicted octanol–water partition coefficient (Wildman–Crippen LogP) is 2.33. The molecule has 1 aromatic heterocycles. The van der Waals surface area contributed by atoms with E-state index in [2.05, 4.69) is 15.0 Å². The molecule has 0 aliphatic heterocycles. The van der Waals surface area contributed by atoms with E-state index in [1.54, 1.807) is 42.7 Å². The Kier molecular flexibility index (Phi) is 5.04. The maximum absolute atomic E-state index is 12.3. The fraction of sp³-hybridized carbons (Fsp3) is 0.188. The van der Waals surface area contributed by atoms with Crippen LogP contribution in [0.5, 0.6) is 0 Å². The van der Waals surface area contributed by atoms with E-state index in [1.807, 2.05) is 24.3 Å². The van der Waals surface area contributed by atoms with Gasteiger partial charge in [0.1, 0.15) is 7.11 Å². The molecule has 0 unspecified atom stereocenters. The molecule has 0 aliphatic carbocycles. The Morgan fingerprint density at radius 1 is 1.33 bits per heavy atom. The van der Waals surface area contributed by atoms with Gasteiger partial charge >= 0.3 is 0 Å². The molecule has 2 aromatic rings. The summed E-state index contributed by atoms with van der Waals surface area (Å²) in [5.41, 5.74) is 2.51. The van der Waals surface area contributed by atoms with Crippen LogP contribution in [0.25, 0.3) is 0 Å². The van der Waals surface area contributed by atoms with Gasteiger partial charge in [0.15, 0.2) is 0 Å². The smallest absolute Gasteiger partial charge is 0.253 e. The molecule has 5 heteroatoms. The van der Waals surface area contributed by atoms with E-state index in [0.29, 0.717) is 12.1 Å². The standard InChI is InChI=1S/C16H17N3O2/c1-19(12-14-4-3-9-17-10-14)16(20)15-7-5-13(6-8-15)11-18-21-2/h3-11H,12H2,1-2H3/b18-11+. The van der Waals surface area contributed by atoms with Crippen LogP contribution in [0.15, 0.2) is 53.9 Å². The van der Waals surface area contributed by atoms with Crippen LogP contribution in [-0.2, 0) is 11.4 Å². The summed E-state index contributed by atoms with van der Waals surface area (Å²) in [5.74, 6) is -0.0333. The normalized spacial score (nSPS) is 10.6. The van der Waals surface area contributed by atoms with Crippen molar-refractivity contribution in [3.63, 3.8) is 0 Å². The molecule has 5 nitrogen and oxygen atoms in total. The van der Waals surface area contributed by atoms with Crippen molar-refractivity contribution in [1.29, 1.82) is 0 Å². The highest BCUT2D eigenvalue weighted by molar-refractivity contribution is 5.94. The van der Waals surface area contributed by atoms with Gasteiger partial charge in [-0.2, -0.15) is 0 Å². The Balaban J connectivity index is 2.03. The minimum atomic E-state index is -0.0333. The molecule has 0 bridgehead atoms. The quantitative estimate of drug-likeness (QED) is 0.625. The van der Waals surface area contributed by atoms with Gasteiger partial charge in [-0.3, -0.25) is 9.78 Å². The summed E-state index contributed by atoms with van der Waals surface area (Å²) in [6, 6.07) is 11.0. The van der Waals surface area contributed by atoms with Crippen molar-refractivity contribution in [3.05, 3.63) is 65.5 Å². The molecule has 0 radical (unpaired) electrons. The highest BCUT2D eigenvalue weighted by Gasteiger charge is 2.11. The SMILES string of the molecule is CO/N=C/c1ccc(C(=O)N(C)Cc2cccnc2)cc1. The number of amides is 1. The number of hydrogen-bond donors (Lipinski definition) is 0. The lowest BCUT2D eigenvalue weighted by atomic mass is 10.1. The molecule has 0 saturated heterocycles. The minimum absolute atomic E-state index is 0.0333. The van der Waals surface area contributed by atoms with Gasteiger partial charge in [-0.25, -0.2) is 0 Å². The van der Waals surface area contributed by atoms with Gasteiger partial charge in [0, 0.05) is 31.5 Å². The Bertz CT molecular complexity index is 609. The maximum atomic E-state index is 12.3. The molecule has 1 amide bonds. The number of aromatic nitrogens is 1. The second-order valence-electron chi connectivity index (χ2n) is 4.56. The molecule has 0 saturated carbocycles. The van der Waals surface area contributed by atoms with E-state index >= 15 is 0 Å². The Morgan fingerprint density at radius 3 is 2.71 bits per heavy atom. The zero-order chi connectivity index (χ0) is 15.1. The van der Waals surface area contributed by atoms with Crippen molar-refractivity contribution < 1.29 is 9.63 Å². The number of hydrogen-bond acceptors (Lipinski definition) is 4. The summed E-state index contributed by atoms with van der Waals surface area (Å²) in [6.45, 7) is 0.527. The first-order chi connectivity index (χ1) is 10.2. The molecular weight excluding hydrogens is 266 g/mol. The number of carbonyl (C=O) groups is 1. The lowest BCUT2D eigenvalue weighted by Crippen LogP contribution is -2.26. The molecule has 0 atom stereocenters. The summed E-state index contributed by atoms with van der Waals surface area (Å²) in [5, 5.41) is 3.68. The van der Waals surface area contributed by atoms with E-state index in [9.17, 15) is 4.79 Å². The number of benzene rings is 1. The topological polar surface area (TPSA) is 54.8 Å². The van der Waals surface area contributed by atoms with Gasteiger partial charge < -0.3 is 9.74 Å². The molecule has 108 valence electrons. The van der Waals surface area contributed by atoms with Crippen molar-refractivity contribution in [2.45, 2.75) is 6.54 Å². The van der Waals surface area contributed by atoms with E-state index in [0.717, 1.165) is 11.1 Å². The first-order valence-corrected chi connectivity index (χ1v) is 6.51. The van der Waals surface area contributed by atoms with E-state index < -0.39 is 0 Å². The lowest BCUT2D eigenvalue weighted by molar-refractivity contribution is 0.0785. The summed E-state index contributed by atoms with van der Waals surface area (Å²) in [6.07, 6.45) is 5.06. The molecule has 21 heavy (non-hydrogen) atoms. The monoisotopic (exact) mass is 283 g/mol. The van der Waals surface area contributed by atoms with Gasteiger partial charge in [0.25, 0.3) is 5.91 Å². The fourth-order valence-electron chi connectivity index (χ4n) is 1.88. The van der Waals surface area contributed by atoms with Gasteiger partial charge in [0.05, 0.1) is 6.21 Å². The van der Waals surface area contributed by atoms with Crippen LogP contribution >= 0.6 is 0 Å². The molecule has 1 aromatic carbocycles. The van der Waals surface area contributed by atoms with Crippen molar-refractivity contribution in [2.75, 3.05) is 14.2 Å². The fourth-order valence-corrected chi connectivity index (χ4v) is 1.88. The molecule has 1 heterocycles. The summed E-state index contributed by atoms with van der Waals surface area (Å²) >= 11 is 0. The highest BCUT2D eigenvalue weighted by atomic mass is 16.6. The number of rotatable bonds is 5. The largest absolute Gasteiger partial charge is 0.399 e. The third-order valence-corrected chi connectivity index (χ3v) is 2.95. The Hall–Kier alpha value is -2.69. The summed E-state index contributed by atoms with van der Waals surface area (Å²) < 4.78 is 0. The van der Waals surface area contributed by atoms with Crippen LogP contribution in [0, 0.1) is 0 Å². The van der Waals surface area contributed by atoms with Crippen molar-refractivity contribution in [1.82, 2.24) is 9.88 Å². The van der Waals surface area contributed by atoms with Crippen LogP contribution in [-0.4, -0.2) is 36.2 Å². The average molecular weight is 283 g/mol. The molecule has 2 rings (SSSR count). The zero-order valence-corrected chi connectivity index (χ0v) is 12.1. The van der Waals surface area contributed by atoms with Crippen LogP contribution in [0.4, 0.5) is 0 Å². The first kappa shape index (κ1) is 14.7. The van der Waals surface area contributed by atoms with Gasteiger partial charge in [-0.05, 0) is 29.3 Å². The third-order valence-electron chi connectivity index (χ3n) is 2.95. The lowest BCUT2D eigenvalue weighted by Gasteiger charge is -2.17. The number of pyridine rings is 1. The van der Waals surface area contributed by atoms with Crippen LogP contribution in [0.1, 0.15) is 21.5 Å². The summed E-state index contributed by atoms with van der Waals surface area (Å²) in [7, 11) is 3.26. The number of nitrogens with zero attached hydrogens (tertiary/aromatic N) is 3. The van der Waals surface area contributed by atoms with Crippen molar-refractivity contribution in [2.24, 2.45) is 5.16 Å². The predicted molar refractivity (Wildman–Crippen MR) is 81.1 cm³/mol. The zero-order valence-electron chi connectivity index (χ0n) is 12.1. The van der Waals surface area contributed by atoms with Gasteiger partial charge in [-0.1, -0.05) is 23.4 Å². The second-order valence-corrected chi connectivity index (χ2v) is 4.56. The van der Waals surface area contributed by atoms with Crippen LogP contribution < -0.4 is 0 Å². The van der Waals surface area contributed by atoms with E-state index in [1.165, 1.54) is 7.11 Å². The van der Waals surface area contributed by atoms with E-state index in [-0.39, 0.29) is 5.91 Å².